The first-order valence-corrected chi connectivity index (χ1v) is 14.3. The maximum atomic E-state index is 13.8. The molecule has 0 fully saturated rings. The van der Waals surface area contributed by atoms with Crippen LogP contribution in [0, 0.1) is 19.8 Å². The summed E-state index contributed by atoms with van der Waals surface area (Å²) in [5.41, 5.74) is 5.40. The molecule has 0 heterocycles. The van der Waals surface area contributed by atoms with Crippen LogP contribution in [0.3, 0.4) is 0 Å². The van der Waals surface area contributed by atoms with Gasteiger partial charge in [-0.2, -0.15) is 4.31 Å². The SMILES string of the molecule is C/C=C/F.C=CC(C)CN(Cc1ccc(C)c(-c2ccc(Cl)cc2)c1)S(=O)(=O)c1cc(C)cc(CC)c1O. The van der Waals surface area contributed by atoms with Crippen LogP contribution in [0.15, 0.2) is 84.6 Å². The van der Waals surface area contributed by atoms with Crippen LogP contribution < -0.4 is 0 Å². The van der Waals surface area contributed by atoms with Crippen molar-refractivity contribution in [3.05, 3.63) is 107 Å². The molecular formula is C31H37ClFNO3S. The lowest BCUT2D eigenvalue weighted by molar-refractivity contribution is 0.372. The molecule has 0 aliphatic rings. The molecule has 1 N–H and O–H groups in total. The first-order valence-electron chi connectivity index (χ1n) is 12.5. The number of phenols is 1. The average Bonchev–Trinajstić information content (AvgIpc) is 2.90. The molecule has 3 aromatic rings. The lowest BCUT2D eigenvalue weighted by Crippen LogP contribution is -2.34. The summed E-state index contributed by atoms with van der Waals surface area (Å²) >= 11 is 6.05. The second-order valence-corrected chi connectivity index (χ2v) is 11.6. The standard InChI is InChI=1S/C28H32ClNO3S.C3H5F/c1-6-19(3)17-30(34(32,33)27-15-20(4)14-23(7-2)28(27)31)18-22-9-8-21(5)26(16-22)24-10-12-25(29)13-11-24;1-2-3-4/h6,8-16,19,31H,1,7,17-18H2,2-5H3;2-3H,1H3/b;3-2+. The van der Waals surface area contributed by atoms with Crippen LogP contribution in [0.2, 0.25) is 5.02 Å². The number of aryl methyl sites for hydroxylation is 3. The maximum Gasteiger partial charge on any atom is 0.247 e. The molecule has 0 aliphatic carbocycles. The third-order valence-corrected chi connectivity index (χ3v) is 8.21. The topological polar surface area (TPSA) is 57.6 Å². The van der Waals surface area contributed by atoms with Gasteiger partial charge in [0.05, 0.1) is 6.33 Å². The van der Waals surface area contributed by atoms with Gasteiger partial charge in [0.2, 0.25) is 10.0 Å². The number of phenolic OH excluding ortho intramolecular Hbond substituents is 1. The minimum atomic E-state index is -3.97. The molecule has 4 nitrogen and oxygen atoms in total. The van der Waals surface area contributed by atoms with Gasteiger partial charge in [0, 0.05) is 18.1 Å². The molecule has 1 unspecified atom stereocenters. The fourth-order valence-corrected chi connectivity index (χ4v) is 5.84. The summed E-state index contributed by atoms with van der Waals surface area (Å²) < 4.78 is 39.6. The molecule has 0 aliphatic heterocycles. The summed E-state index contributed by atoms with van der Waals surface area (Å²) in [6.07, 6.45) is 4.12. The van der Waals surface area contributed by atoms with E-state index in [2.05, 4.69) is 6.58 Å². The normalized spacial score (nSPS) is 12.3. The molecule has 1 atom stereocenters. The molecule has 3 rings (SSSR count). The highest BCUT2D eigenvalue weighted by Crippen LogP contribution is 2.33. The molecule has 0 bridgehead atoms. The summed E-state index contributed by atoms with van der Waals surface area (Å²) in [7, 11) is -3.97. The molecule has 7 heteroatoms. The van der Waals surface area contributed by atoms with Crippen LogP contribution in [0.4, 0.5) is 4.39 Å². The minimum absolute atomic E-state index is 0.0503. The van der Waals surface area contributed by atoms with E-state index < -0.39 is 10.0 Å². The summed E-state index contributed by atoms with van der Waals surface area (Å²) in [5, 5.41) is 11.4. The number of hydrogen-bond acceptors (Lipinski definition) is 3. The number of rotatable bonds is 9. The van der Waals surface area contributed by atoms with Crippen LogP contribution in [-0.2, 0) is 23.0 Å². The number of halogens is 2. The fraction of sp³-hybridized carbons (Fsp3) is 0.290. The van der Waals surface area contributed by atoms with E-state index in [1.54, 1.807) is 19.1 Å². The van der Waals surface area contributed by atoms with Crippen LogP contribution in [0.5, 0.6) is 5.75 Å². The Morgan fingerprint density at radius 2 is 1.74 bits per heavy atom. The van der Waals surface area contributed by atoms with E-state index in [4.69, 9.17) is 11.6 Å². The summed E-state index contributed by atoms with van der Waals surface area (Å²) in [4.78, 5) is -0.0503. The fourth-order valence-electron chi connectivity index (χ4n) is 3.98. The van der Waals surface area contributed by atoms with E-state index in [0.29, 0.717) is 23.3 Å². The van der Waals surface area contributed by atoms with Gasteiger partial charge in [-0.3, -0.25) is 0 Å². The van der Waals surface area contributed by atoms with Crippen molar-refractivity contribution in [2.45, 2.75) is 52.5 Å². The van der Waals surface area contributed by atoms with Gasteiger partial charge in [-0.25, -0.2) is 12.8 Å². The van der Waals surface area contributed by atoms with Gasteiger partial charge in [0.25, 0.3) is 0 Å². The Morgan fingerprint density at radius 3 is 2.29 bits per heavy atom. The molecular weight excluding hydrogens is 521 g/mol. The predicted octanol–water partition coefficient (Wildman–Crippen LogP) is 8.39. The van der Waals surface area contributed by atoms with E-state index in [-0.39, 0.29) is 29.7 Å². The third-order valence-electron chi connectivity index (χ3n) is 6.13. The van der Waals surface area contributed by atoms with Crippen molar-refractivity contribution in [1.82, 2.24) is 4.31 Å². The van der Waals surface area contributed by atoms with Crippen molar-refractivity contribution in [1.29, 1.82) is 0 Å². The van der Waals surface area contributed by atoms with Gasteiger partial charge in [0.1, 0.15) is 10.6 Å². The molecule has 204 valence electrons. The van der Waals surface area contributed by atoms with E-state index >= 15 is 0 Å². The van der Waals surface area contributed by atoms with Crippen molar-refractivity contribution in [2.75, 3.05) is 6.54 Å². The molecule has 0 aromatic heterocycles. The number of allylic oxidation sites excluding steroid dienone is 1. The minimum Gasteiger partial charge on any atom is -0.506 e. The zero-order valence-corrected chi connectivity index (χ0v) is 24.3. The zero-order chi connectivity index (χ0) is 28.5. The van der Waals surface area contributed by atoms with Gasteiger partial charge >= 0.3 is 0 Å². The quantitative estimate of drug-likeness (QED) is 0.269. The third kappa shape index (κ3) is 8.03. The van der Waals surface area contributed by atoms with E-state index in [0.717, 1.165) is 27.8 Å². The zero-order valence-electron chi connectivity index (χ0n) is 22.7. The molecule has 0 amide bonds. The van der Waals surface area contributed by atoms with Gasteiger partial charge in [0.15, 0.2) is 0 Å². The second kappa shape index (κ2) is 14.3. The van der Waals surface area contributed by atoms with Crippen molar-refractivity contribution < 1.29 is 17.9 Å². The first kappa shape index (κ1) is 31.3. The average molecular weight is 558 g/mol. The van der Waals surface area contributed by atoms with Crippen LogP contribution in [0.1, 0.15) is 43.0 Å². The highest BCUT2D eigenvalue weighted by Gasteiger charge is 2.29. The Morgan fingerprint density at radius 1 is 1.11 bits per heavy atom. The summed E-state index contributed by atoms with van der Waals surface area (Å²) in [5.74, 6) is -0.233. The Kier molecular flexibility index (Phi) is 11.8. The van der Waals surface area contributed by atoms with Gasteiger partial charge in [-0.05, 0) is 90.8 Å². The number of hydrogen-bond donors (Lipinski definition) is 1. The van der Waals surface area contributed by atoms with Crippen molar-refractivity contribution in [3.63, 3.8) is 0 Å². The van der Waals surface area contributed by atoms with Gasteiger partial charge in [-0.1, -0.05) is 67.9 Å². The first-order chi connectivity index (χ1) is 18.0. The molecule has 0 saturated heterocycles. The Balaban J connectivity index is 0.00000118. The van der Waals surface area contributed by atoms with E-state index in [1.807, 2.05) is 76.2 Å². The number of nitrogens with zero attached hydrogens (tertiary/aromatic N) is 1. The highest BCUT2D eigenvalue weighted by atomic mass is 35.5. The smallest absolute Gasteiger partial charge is 0.247 e. The second-order valence-electron chi connectivity index (χ2n) is 9.25. The lowest BCUT2D eigenvalue weighted by atomic mass is 9.98. The maximum absolute atomic E-state index is 13.8. The predicted molar refractivity (Wildman–Crippen MR) is 157 cm³/mol. The Hall–Kier alpha value is -2.93. The van der Waals surface area contributed by atoms with Gasteiger partial charge in [-0.15, -0.1) is 6.58 Å². The Bertz CT molecular complexity index is 1360. The number of benzene rings is 3. The van der Waals surface area contributed by atoms with Crippen LogP contribution >= 0.6 is 11.6 Å². The van der Waals surface area contributed by atoms with Crippen molar-refractivity contribution >= 4 is 21.6 Å². The monoisotopic (exact) mass is 557 g/mol. The molecule has 0 radical (unpaired) electrons. The lowest BCUT2D eigenvalue weighted by Gasteiger charge is -2.26. The van der Waals surface area contributed by atoms with Crippen molar-refractivity contribution in [3.8, 4) is 16.9 Å². The molecule has 0 saturated carbocycles. The van der Waals surface area contributed by atoms with E-state index in [1.165, 1.54) is 10.4 Å². The van der Waals surface area contributed by atoms with Gasteiger partial charge < -0.3 is 5.11 Å². The molecule has 0 spiro atoms. The molecule has 3 aromatic carbocycles. The number of aromatic hydroxyl groups is 1. The van der Waals surface area contributed by atoms with Crippen molar-refractivity contribution in [2.24, 2.45) is 5.92 Å². The highest BCUT2D eigenvalue weighted by molar-refractivity contribution is 7.89. The van der Waals surface area contributed by atoms with E-state index in [9.17, 15) is 17.9 Å². The largest absolute Gasteiger partial charge is 0.506 e. The summed E-state index contributed by atoms with van der Waals surface area (Å²) in [6.45, 7) is 13.6. The Labute approximate surface area is 232 Å². The van der Waals surface area contributed by atoms with Crippen LogP contribution in [0.25, 0.3) is 11.1 Å². The molecule has 38 heavy (non-hydrogen) atoms. The summed E-state index contributed by atoms with van der Waals surface area (Å²) in [6, 6.07) is 16.9. The number of sulfonamides is 1. The van der Waals surface area contributed by atoms with Crippen LogP contribution in [-0.4, -0.2) is 24.4 Å².